The van der Waals surface area contributed by atoms with E-state index in [0.29, 0.717) is 24.4 Å². The molecule has 4 nitrogen and oxygen atoms in total. The Morgan fingerprint density at radius 3 is 2.05 bits per heavy atom. The van der Waals surface area contributed by atoms with Gasteiger partial charge in [0.2, 0.25) is 10.0 Å². The lowest BCUT2D eigenvalue weighted by Gasteiger charge is -2.15. The lowest BCUT2D eigenvalue weighted by Crippen LogP contribution is -2.25. The fourth-order valence-corrected chi connectivity index (χ4v) is 3.97. The average molecular weight is 303 g/mol. The minimum Gasteiger partial charge on any atom is -0.396 e. The molecule has 3 rings (SSSR count). The summed E-state index contributed by atoms with van der Waals surface area (Å²) in [5, 5.41) is 8.90. The van der Waals surface area contributed by atoms with Gasteiger partial charge in [-0.1, -0.05) is 36.4 Å². The summed E-state index contributed by atoms with van der Waals surface area (Å²) in [6.45, 7) is 0.918. The molecule has 0 saturated carbocycles. The van der Waals surface area contributed by atoms with E-state index in [0.717, 1.165) is 16.7 Å². The van der Waals surface area contributed by atoms with Crippen LogP contribution < -0.4 is 0 Å². The molecule has 2 aromatic carbocycles. The van der Waals surface area contributed by atoms with E-state index in [2.05, 4.69) is 0 Å². The topological polar surface area (TPSA) is 57.6 Å². The predicted molar refractivity (Wildman–Crippen MR) is 80.1 cm³/mol. The van der Waals surface area contributed by atoms with Gasteiger partial charge < -0.3 is 5.11 Å². The smallest absolute Gasteiger partial charge is 0.243 e. The van der Waals surface area contributed by atoms with Crippen LogP contribution in [0.5, 0.6) is 0 Å². The maximum Gasteiger partial charge on any atom is 0.243 e. The lowest BCUT2D eigenvalue weighted by molar-refractivity contribution is 0.299. The van der Waals surface area contributed by atoms with Crippen LogP contribution in [0.15, 0.2) is 53.4 Å². The van der Waals surface area contributed by atoms with Crippen molar-refractivity contribution in [3.05, 3.63) is 65.2 Å². The van der Waals surface area contributed by atoms with Gasteiger partial charge in [-0.2, -0.15) is 4.31 Å². The van der Waals surface area contributed by atoms with Crippen molar-refractivity contribution in [2.75, 3.05) is 6.61 Å². The zero-order chi connectivity index (χ0) is 14.9. The molecular weight excluding hydrogens is 286 g/mol. The maximum absolute atomic E-state index is 12.6. The third kappa shape index (κ3) is 2.72. The first-order valence-corrected chi connectivity index (χ1v) is 8.32. The molecular formula is C16H17NO3S. The number of aliphatic hydroxyl groups excluding tert-OH is 1. The van der Waals surface area contributed by atoms with Crippen molar-refractivity contribution in [2.45, 2.75) is 24.4 Å². The SMILES string of the molecule is O=S(=O)(c1ccc(CCO)cc1)N1Cc2ccccc2C1. The molecule has 0 fully saturated rings. The van der Waals surface area contributed by atoms with E-state index in [-0.39, 0.29) is 6.61 Å². The highest BCUT2D eigenvalue weighted by atomic mass is 32.2. The van der Waals surface area contributed by atoms with E-state index in [1.807, 2.05) is 24.3 Å². The molecule has 5 heteroatoms. The number of hydrogen-bond donors (Lipinski definition) is 1. The first-order chi connectivity index (χ1) is 10.1. The second kappa shape index (κ2) is 5.60. The molecule has 2 aromatic rings. The lowest BCUT2D eigenvalue weighted by atomic mass is 10.1. The van der Waals surface area contributed by atoms with Crippen molar-refractivity contribution >= 4 is 10.0 Å². The number of sulfonamides is 1. The first kappa shape index (κ1) is 14.3. The Hall–Kier alpha value is -1.69. The second-order valence-corrected chi connectivity index (χ2v) is 7.10. The standard InChI is InChI=1S/C16H17NO3S/c18-10-9-13-5-7-16(8-6-13)21(19,20)17-11-14-3-1-2-4-15(14)12-17/h1-8,18H,9-12H2. The molecule has 0 unspecified atom stereocenters. The predicted octanol–water partition coefficient (Wildman–Crippen LogP) is 1.93. The summed E-state index contributed by atoms with van der Waals surface area (Å²) in [6.07, 6.45) is 0.537. The summed E-state index contributed by atoms with van der Waals surface area (Å²) in [5.74, 6) is 0. The van der Waals surface area contributed by atoms with Gasteiger partial charge in [0, 0.05) is 19.7 Å². The molecule has 0 radical (unpaired) electrons. The summed E-state index contributed by atoms with van der Waals surface area (Å²) in [4.78, 5) is 0.303. The molecule has 0 aromatic heterocycles. The van der Waals surface area contributed by atoms with Gasteiger partial charge in [-0.3, -0.25) is 0 Å². The Kier molecular flexibility index (Phi) is 3.80. The van der Waals surface area contributed by atoms with Crippen molar-refractivity contribution in [3.8, 4) is 0 Å². The Labute approximate surface area is 124 Å². The molecule has 0 atom stereocenters. The second-order valence-electron chi connectivity index (χ2n) is 5.16. The normalized spacial score (nSPS) is 15.1. The van der Waals surface area contributed by atoms with Gasteiger partial charge in [0.15, 0.2) is 0 Å². The van der Waals surface area contributed by atoms with E-state index in [1.54, 1.807) is 24.3 Å². The fourth-order valence-electron chi connectivity index (χ4n) is 2.58. The van der Waals surface area contributed by atoms with Gasteiger partial charge in [-0.05, 0) is 35.2 Å². The zero-order valence-electron chi connectivity index (χ0n) is 11.6. The Bertz CT molecular complexity index is 713. The van der Waals surface area contributed by atoms with Gasteiger partial charge >= 0.3 is 0 Å². The summed E-state index contributed by atoms with van der Waals surface area (Å²) >= 11 is 0. The monoisotopic (exact) mass is 303 g/mol. The molecule has 110 valence electrons. The van der Waals surface area contributed by atoms with E-state index in [1.165, 1.54) is 4.31 Å². The molecule has 0 amide bonds. The third-order valence-corrected chi connectivity index (χ3v) is 5.58. The van der Waals surface area contributed by atoms with Crippen molar-refractivity contribution in [2.24, 2.45) is 0 Å². The summed E-state index contributed by atoms with van der Waals surface area (Å²) in [6, 6.07) is 14.5. The minimum atomic E-state index is -3.47. The molecule has 1 heterocycles. The van der Waals surface area contributed by atoms with E-state index < -0.39 is 10.0 Å². The number of fused-ring (bicyclic) bond motifs is 1. The number of hydrogen-bond acceptors (Lipinski definition) is 3. The Morgan fingerprint density at radius 2 is 1.52 bits per heavy atom. The number of benzene rings is 2. The summed E-state index contributed by atoms with van der Waals surface area (Å²) in [5.41, 5.74) is 3.07. The first-order valence-electron chi connectivity index (χ1n) is 6.88. The van der Waals surface area contributed by atoms with Crippen molar-refractivity contribution in [3.63, 3.8) is 0 Å². The van der Waals surface area contributed by atoms with Gasteiger partial charge in [0.1, 0.15) is 0 Å². The van der Waals surface area contributed by atoms with Crippen LogP contribution >= 0.6 is 0 Å². The highest BCUT2D eigenvalue weighted by Gasteiger charge is 2.30. The molecule has 1 aliphatic heterocycles. The molecule has 21 heavy (non-hydrogen) atoms. The molecule has 1 aliphatic rings. The van der Waals surface area contributed by atoms with Crippen LogP contribution in [0.2, 0.25) is 0 Å². The quantitative estimate of drug-likeness (QED) is 0.939. The van der Waals surface area contributed by atoms with E-state index in [9.17, 15) is 8.42 Å². The zero-order valence-corrected chi connectivity index (χ0v) is 12.4. The molecule has 0 aliphatic carbocycles. The highest BCUT2D eigenvalue weighted by molar-refractivity contribution is 7.89. The third-order valence-electron chi connectivity index (χ3n) is 3.77. The molecule has 0 bridgehead atoms. The Balaban J connectivity index is 1.85. The van der Waals surface area contributed by atoms with Gasteiger partial charge in [0.05, 0.1) is 4.90 Å². The van der Waals surface area contributed by atoms with E-state index in [4.69, 9.17) is 5.11 Å². The molecule has 1 N–H and O–H groups in total. The van der Waals surface area contributed by atoms with Crippen LogP contribution in [0.1, 0.15) is 16.7 Å². The average Bonchev–Trinajstić information content (AvgIpc) is 2.93. The Morgan fingerprint density at radius 1 is 0.952 bits per heavy atom. The molecule has 0 spiro atoms. The van der Waals surface area contributed by atoms with Crippen LogP contribution in [0.3, 0.4) is 0 Å². The van der Waals surface area contributed by atoms with Crippen LogP contribution in [0.4, 0.5) is 0 Å². The van der Waals surface area contributed by atoms with Crippen molar-refractivity contribution < 1.29 is 13.5 Å². The largest absolute Gasteiger partial charge is 0.396 e. The van der Waals surface area contributed by atoms with Gasteiger partial charge in [0.25, 0.3) is 0 Å². The van der Waals surface area contributed by atoms with Gasteiger partial charge in [-0.15, -0.1) is 0 Å². The maximum atomic E-state index is 12.6. The van der Waals surface area contributed by atoms with Crippen LogP contribution in [-0.4, -0.2) is 24.4 Å². The summed E-state index contributed by atoms with van der Waals surface area (Å²) < 4.78 is 26.8. The summed E-state index contributed by atoms with van der Waals surface area (Å²) in [7, 11) is -3.47. The number of nitrogens with zero attached hydrogens (tertiary/aromatic N) is 1. The van der Waals surface area contributed by atoms with Crippen LogP contribution in [-0.2, 0) is 29.5 Å². The van der Waals surface area contributed by atoms with Crippen LogP contribution in [0.25, 0.3) is 0 Å². The van der Waals surface area contributed by atoms with Crippen molar-refractivity contribution in [1.29, 1.82) is 0 Å². The minimum absolute atomic E-state index is 0.0630. The number of aliphatic hydroxyl groups is 1. The molecule has 0 saturated heterocycles. The highest BCUT2D eigenvalue weighted by Crippen LogP contribution is 2.28. The fraction of sp³-hybridized carbons (Fsp3) is 0.250. The van der Waals surface area contributed by atoms with Gasteiger partial charge in [-0.25, -0.2) is 8.42 Å². The van der Waals surface area contributed by atoms with E-state index >= 15 is 0 Å². The van der Waals surface area contributed by atoms with Crippen molar-refractivity contribution in [1.82, 2.24) is 4.31 Å². The number of rotatable bonds is 4. The van der Waals surface area contributed by atoms with Crippen LogP contribution in [0, 0.1) is 0 Å².